The molecule has 1 rings (SSSR count). The monoisotopic (exact) mass is 307 g/mol. The number of carbonyl (C=O) groups excluding carboxylic acids is 1. The average Bonchev–Trinajstić information content (AvgIpc) is 2.38. The van der Waals surface area contributed by atoms with Crippen molar-refractivity contribution in [2.75, 3.05) is 45.1 Å². The fourth-order valence-corrected chi connectivity index (χ4v) is 3.55. The van der Waals surface area contributed by atoms with Crippen molar-refractivity contribution < 1.29 is 18.3 Å². The molecular weight excluding hydrogens is 282 g/mol. The van der Waals surface area contributed by atoms with Crippen LogP contribution >= 0.6 is 0 Å². The Bertz CT molecular complexity index is 405. The van der Waals surface area contributed by atoms with Gasteiger partial charge >= 0.3 is 0 Å². The van der Waals surface area contributed by atoms with Crippen LogP contribution in [0.25, 0.3) is 0 Å². The van der Waals surface area contributed by atoms with Crippen LogP contribution in [-0.4, -0.2) is 80.4 Å². The lowest BCUT2D eigenvalue weighted by atomic mass is 10.2. The van der Waals surface area contributed by atoms with Gasteiger partial charge in [-0.05, 0) is 13.3 Å². The normalized spacial score (nSPS) is 19.1. The highest BCUT2D eigenvalue weighted by Gasteiger charge is 2.27. The van der Waals surface area contributed by atoms with E-state index in [2.05, 4.69) is 9.62 Å². The quantitative estimate of drug-likeness (QED) is 0.619. The summed E-state index contributed by atoms with van der Waals surface area (Å²) in [5, 5.41) is 8.86. The van der Waals surface area contributed by atoms with E-state index in [-0.39, 0.29) is 18.3 Å². The van der Waals surface area contributed by atoms with Crippen LogP contribution in [0.4, 0.5) is 0 Å². The predicted octanol–water partition coefficient (Wildman–Crippen LogP) is -1.16. The molecule has 0 aromatic heterocycles. The molecule has 0 aromatic rings. The first-order valence-electron chi connectivity index (χ1n) is 7.01. The molecule has 2 N–H and O–H groups in total. The summed E-state index contributed by atoms with van der Waals surface area (Å²) in [6.07, 6.45) is 0.524. The van der Waals surface area contributed by atoms with Crippen LogP contribution < -0.4 is 4.72 Å². The highest BCUT2D eigenvalue weighted by Crippen LogP contribution is 2.04. The number of rotatable bonds is 7. The number of sulfonamides is 1. The molecule has 7 nitrogen and oxygen atoms in total. The molecule has 0 radical (unpaired) electrons. The van der Waals surface area contributed by atoms with Crippen LogP contribution in [0.15, 0.2) is 0 Å². The van der Waals surface area contributed by atoms with Gasteiger partial charge in [0.1, 0.15) is 0 Å². The molecule has 0 aromatic carbocycles. The van der Waals surface area contributed by atoms with Crippen molar-refractivity contribution in [3.05, 3.63) is 0 Å². The van der Waals surface area contributed by atoms with Gasteiger partial charge in [-0.2, -0.15) is 0 Å². The smallest absolute Gasteiger partial charge is 0.240 e. The van der Waals surface area contributed by atoms with E-state index < -0.39 is 16.1 Å². The van der Waals surface area contributed by atoms with E-state index in [1.165, 1.54) is 0 Å². The highest BCUT2D eigenvalue weighted by atomic mass is 32.2. The molecule has 1 aliphatic rings. The van der Waals surface area contributed by atoms with Crippen molar-refractivity contribution in [2.24, 2.45) is 0 Å². The molecule has 1 heterocycles. The summed E-state index contributed by atoms with van der Waals surface area (Å²) in [6.45, 7) is 6.64. The molecule has 0 bridgehead atoms. The molecule has 0 aliphatic carbocycles. The fourth-order valence-electron chi connectivity index (χ4n) is 2.25. The molecule has 1 unspecified atom stereocenters. The Kier molecular flexibility index (Phi) is 6.87. The van der Waals surface area contributed by atoms with Gasteiger partial charge in [0.25, 0.3) is 0 Å². The zero-order chi connectivity index (χ0) is 15.2. The topological polar surface area (TPSA) is 90.0 Å². The molecule has 1 aliphatic heterocycles. The van der Waals surface area contributed by atoms with Crippen molar-refractivity contribution in [3.63, 3.8) is 0 Å². The van der Waals surface area contributed by atoms with Crippen LogP contribution in [0.1, 0.15) is 20.3 Å². The second-order valence-electron chi connectivity index (χ2n) is 5.05. The van der Waals surface area contributed by atoms with Crippen molar-refractivity contribution in [3.8, 4) is 0 Å². The highest BCUT2D eigenvalue weighted by molar-refractivity contribution is 7.89. The zero-order valence-corrected chi connectivity index (χ0v) is 13.0. The molecule has 118 valence electrons. The lowest BCUT2D eigenvalue weighted by Crippen LogP contribution is -2.54. The maximum absolute atomic E-state index is 12.2. The van der Waals surface area contributed by atoms with Gasteiger partial charge in [0.05, 0.1) is 18.4 Å². The molecule has 8 heteroatoms. The fraction of sp³-hybridized carbons (Fsp3) is 0.917. The van der Waals surface area contributed by atoms with Gasteiger partial charge in [-0.15, -0.1) is 0 Å². The number of aliphatic hydroxyl groups is 1. The van der Waals surface area contributed by atoms with Gasteiger partial charge in [-0.25, -0.2) is 13.1 Å². The first-order chi connectivity index (χ1) is 9.39. The third-order valence-electron chi connectivity index (χ3n) is 3.30. The molecule has 1 saturated heterocycles. The number of nitrogens with one attached hydrogen (secondary N) is 1. The Hall–Kier alpha value is -0.700. The van der Waals surface area contributed by atoms with Gasteiger partial charge in [0.15, 0.2) is 0 Å². The summed E-state index contributed by atoms with van der Waals surface area (Å²) in [6, 6.07) is -0.726. The zero-order valence-electron chi connectivity index (χ0n) is 12.2. The lowest BCUT2D eigenvalue weighted by Gasteiger charge is -2.35. The summed E-state index contributed by atoms with van der Waals surface area (Å²) < 4.78 is 25.7. The van der Waals surface area contributed by atoms with Gasteiger partial charge in [-0.3, -0.25) is 9.69 Å². The van der Waals surface area contributed by atoms with E-state index in [9.17, 15) is 13.2 Å². The molecule has 1 atom stereocenters. The van der Waals surface area contributed by atoms with Gasteiger partial charge < -0.3 is 10.0 Å². The average molecular weight is 307 g/mol. The number of amides is 1. The van der Waals surface area contributed by atoms with Crippen molar-refractivity contribution in [1.29, 1.82) is 0 Å². The maximum atomic E-state index is 12.2. The minimum atomic E-state index is -3.37. The standard InChI is InChI=1S/C12H25N3O4S/c1-3-10-20(18,19)13-11(2)12(17)15-6-4-14(5-7-15)8-9-16/h11,13,16H,3-10H2,1-2H3. The predicted molar refractivity (Wildman–Crippen MR) is 76.8 cm³/mol. The second kappa shape index (κ2) is 7.92. The van der Waals surface area contributed by atoms with E-state index in [0.29, 0.717) is 39.1 Å². The van der Waals surface area contributed by atoms with Crippen LogP contribution in [-0.2, 0) is 14.8 Å². The Labute approximate surface area is 121 Å². The summed E-state index contributed by atoms with van der Waals surface area (Å²) >= 11 is 0. The number of carbonyl (C=O) groups is 1. The number of hydrogen-bond donors (Lipinski definition) is 2. The number of aliphatic hydroxyl groups excluding tert-OH is 1. The maximum Gasteiger partial charge on any atom is 0.240 e. The number of β-amino-alcohol motifs (C(OH)–C–C–N with tert-alkyl or cyclic N) is 1. The van der Waals surface area contributed by atoms with Crippen LogP contribution in [0, 0.1) is 0 Å². The first-order valence-corrected chi connectivity index (χ1v) is 8.67. The third kappa shape index (κ3) is 5.35. The van der Waals surface area contributed by atoms with E-state index in [4.69, 9.17) is 5.11 Å². The summed E-state index contributed by atoms with van der Waals surface area (Å²) in [5.74, 6) is -0.150. The van der Waals surface area contributed by atoms with E-state index >= 15 is 0 Å². The first kappa shape index (κ1) is 17.4. The van der Waals surface area contributed by atoms with Crippen molar-refractivity contribution in [1.82, 2.24) is 14.5 Å². The summed E-state index contributed by atoms with van der Waals surface area (Å²) in [4.78, 5) is 15.9. The Balaban J connectivity index is 2.46. The van der Waals surface area contributed by atoms with Crippen molar-refractivity contribution >= 4 is 15.9 Å². The van der Waals surface area contributed by atoms with E-state index in [0.717, 1.165) is 0 Å². The second-order valence-corrected chi connectivity index (χ2v) is 6.92. The van der Waals surface area contributed by atoms with Crippen molar-refractivity contribution in [2.45, 2.75) is 26.3 Å². The summed E-state index contributed by atoms with van der Waals surface area (Å²) in [5.41, 5.74) is 0. The van der Waals surface area contributed by atoms with Crippen LogP contribution in [0.2, 0.25) is 0 Å². The minimum Gasteiger partial charge on any atom is -0.395 e. The Morgan fingerprint density at radius 2 is 1.90 bits per heavy atom. The Morgan fingerprint density at radius 1 is 1.30 bits per heavy atom. The van der Waals surface area contributed by atoms with E-state index in [1.54, 1.807) is 18.7 Å². The van der Waals surface area contributed by atoms with E-state index in [1.807, 2.05) is 0 Å². The third-order valence-corrected chi connectivity index (χ3v) is 4.96. The number of hydrogen-bond acceptors (Lipinski definition) is 5. The Morgan fingerprint density at radius 3 is 2.40 bits per heavy atom. The lowest BCUT2D eigenvalue weighted by molar-refractivity contribution is -0.134. The van der Waals surface area contributed by atoms with Gasteiger partial charge in [0.2, 0.25) is 15.9 Å². The molecule has 20 heavy (non-hydrogen) atoms. The van der Waals surface area contributed by atoms with Crippen LogP contribution in [0.5, 0.6) is 0 Å². The molecular formula is C12H25N3O4S. The van der Waals surface area contributed by atoms with Crippen LogP contribution in [0.3, 0.4) is 0 Å². The molecule has 1 amide bonds. The minimum absolute atomic E-state index is 0.0366. The summed E-state index contributed by atoms with van der Waals surface area (Å²) in [7, 11) is -3.37. The SMILES string of the molecule is CCCS(=O)(=O)NC(C)C(=O)N1CCN(CCO)CC1. The largest absolute Gasteiger partial charge is 0.395 e. The van der Waals surface area contributed by atoms with Gasteiger partial charge in [-0.1, -0.05) is 6.92 Å². The number of piperazine rings is 1. The molecule has 1 fully saturated rings. The molecule has 0 saturated carbocycles. The van der Waals surface area contributed by atoms with Gasteiger partial charge in [0, 0.05) is 32.7 Å². The molecule has 0 spiro atoms. The number of nitrogens with zero attached hydrogens (tertiary/aromatic N) is 2.